The lowest BCUT2D eigenvalue weighted by molar-refractivity contribution is 0.345. The fourth-order valence-corrected chi connectivity index (χ4v) is 3.93. The largest absolute Gasteiger partial charge is 0.313 e. The Hall–Kier alpha value is -0.930. The molecule has 1 N–H and O–H groups in total. The van der Waals surface area contributed by atoms with Gasteiger partial charge in [-0.2, -0.15) is 0 Å². The summed E-state index contributed by atoms with van der Waals surface area (Å²) in [6, 6.07) is 7.29. The third-order valence-electron chi connectivity index (χ3n) is 4.34. The first-order chi connectivity index (χ1) is 8.34. The molecule has 1 aliphatic heterocycles. The second-order valence-electron chi connectivity index (χ2n) is 5.25. The number of hydrogen-bond acceptors (Lipinski definition) is 2. The maximum Gasteiger partial charge on any atom is 0.0594 e. The molecule has 0 radical (unpaired) electrons. The van der Waals surface area contributed by atoms with Crippen molar-refractivity contribution in [2.75, 3.05) is 6.54 Å². The lowest BCUT2D eigenvalue weighted by Gasteiger charge is -2.36. The second-order valence-corrected chi connectivity index (χ2v) is 5.68. The van der Waals surface area contributed by atoms with Crippen molar-refractivity contribution in [1.29, 1.82) is 0 Å². The molecule has 0 saturated carbocycles. The maximum absolute atomic E-state index is 4.53. The quantitative estimate of drug-likeness (QED) is 0.681. The molecule has 1 aromatic heterocycles. The molecule has 2 aromatic rings. The van der Waals surface area contributed by atoms with Crippen LogP contribution in [0.3, 0.4) is 0 Å². The highest BCUT2D eigenvalue weighted by atomic mass is 32.1. The van der Waals surface area contributed by atoms with E-state index in [1.807, 2.05) is 3.97 Å². The Morgan fingerprint density at radius 3 is 3.24 bits per heavy atom. The molecule has 2 atom stereocenters. The van der Waals surface area contributed by atoms with Crippen molar-refractivity contribution in [2.24, 2.45) is 0 Å². The topological polar surface area (TPSA) is 17.0 Å². The molecular weight excluding hydrogens is 228 g/mol. The smallest absolute Gasteiger partial charge is 0.0594 e. The van der Waals surface area contributed by atoms with Crippen molar-refractivity contribution >= 4 is 23.7 Å². The third kappa shape index (κ3) is 1.33. The number of benzene rings is 1. The summed E-state index contributed by atoms with van der Waals surface area (Å²) in [6.07, 6.45) is 5.97. The van der Waals surface area contributed by atoms with Crippen LogP contribution in [-0.4, -0.2) is 16.6 Å². The van der Waals surface area contributed by atoms with Crippen molar-refractivity contribution in [3.63, 3.8) is 0 Å². The normalized spacial score (nSPS) is 27.1. The zero-order chi connectivity index (χ0) is 11.4. The van der Waals surface area contributed by atoms with Gasteiger partial charge < -0.3 is 5.32 Å². The molecule has 1 saturated heterocycles. The molecule has 2 heterocycles. The molecular formula is C14H16N2S. The number of hydrogen-bond donors (Lipinski definition) is 2. The molecule has 4 rings (SSSR count). The van der Waals surface area contributed by atoms with E-state index in [1.165, 1.54) is 41.4 Å². The summed E-state index contributed by atoms with van der Waals surface area (Å²) in [5.74, 6) is 0.704. The van der Waals surface area contributed by atoms with Gasteiger partial charge in [0.25, 0.3) is 0 Å². The first-order valence-corrected chi connectivity index (χ1v) is 6.80. The number of rotatable bonds is 0. The minimum Gasteiger partial charge on any atom is -0.313 e. The van der Waals surface area contributed by atoms with Crippen molar-refractivity contribution in [1.82, 2.24) is 9.29 Å². The van der Waals surface area contributed by atoms with Crippen LogP contribution in [0.25, 0.3) is 10.9 Å². The molecule has 2 unspecified atom stereocenters. The Labute approximate surface area is 107 Å². The molecule has 3 heteroatoms. The summed E-state index contributed by atoms with van der Waals surface area (Å²) in [7, 11) is 0. The van der Waals surface area contributed by atoms with Gasteiger partial charge in [0.05, 0.1) is 5.52 Å². The van der Waals surface area contributed by atoms with Gasteiger partial charge >= 0.3 is 0 Å². The summed E-state index contributed by atoms with van der Waals surface area (Å²) < 4.78 is 1.98. The Bertz CT molecular complexity index is 587. The SMILES string of the molecule is Sn1cc2c3c(cccc31)C1CCCNC1C2. The van der Waals surface area contributed by atoms with E-state index in [0.717, 1.165) is 6.42 Å². The van der Waals surface area contributed by atoms with E-state index in [9.17, 15) is 0 Å². The molecule has 0 bridgehead atoms. The summed E-state index contributed by atoms with van der Waals surface area (Å²) in [5, 5.41) is 5.15. The van der Waals surface area contributed by atoms with E-state index in [-0.39, 0.29) is 0 Å². The predicted octanol–water partition coefficient (Wildman–Crippen LogP) is 2.73. The van der Waals surface area contributed by atoms with E-state index in [0.29, 0.717) is 12.0 Å². The van der Waals surface area contributed by atoms with Crippen molar-refractivity contribution in [3.8, 4) is 0 Å². The molecule has 0 spiro atoms. The van der Waals surface area contributed by atoms with Crippen LogP contribution in [0.2, 0.25) is 0 Å². The van der Waals surface area contributed by atoms with Gasteiger partial charge in [0.15, 0.2) is 0 Å². The second kappa shape index (κ2) is 3.53. The van der Waals surface area contributed by atoms with Gasteiger partial charge in [0, 0.05) is 23.5 Å². The zero-order valence-corrected chi connectivity index (χ0v) is 10.6. The lowest BCUT2D eigenvalue weighted by Crippen LogP contribution is -2.43. The molecule has 1 aliphatic carbocycles. The summed E-state index contributed by atoms with van der Waals surface area (Å²) in [6.45, 7) is 1.17. The van der Waals surface area contributed by atoms with Crippen LogP contribution in [0, 0.1) is 0 Å². The van der Waals surface area contributed by atoms with Crippen molar-refractivity contribution < 1.29 is 0 Å². The van der Waals surface area contributed by atoms with E-state index in [4.69, 9.17) is 0 Å². The minimum absolute atomic E-state index is 0.637. The van der Waals surface area contributed by atoms with Gasteiger partial charge in [-0.15, -0.1) is 0 Å². The first kappa shape index (κ1) is 10.0. The summed E-state index contributed by atoms with van der Waals surface area (Å²) in [4.78, 5) is 0. The van der Waals surface area contributed by atoms with Crippen LogP contribution < -0.4 is 5.32 Å². The number of thiol groups is 1. The molecule has 17 heavy (non-hydrogen) atoms. The molecule has 1 fully saturated rings. The third-order valence-corrected chi connectivity index (χ3v) is 4.68. The van der Waals surface area contributed by atoms with Crippen molar-refractivity contribution in [3.05, 3.63) is 35.5 Å². The number of piperidine rings is 1. The zero-order valence-electron chi connectivity index (χ0n) is 9.69. The fraction of sp³-hybridized carbons (Fsp3) is 0.429. The average molecular weight is 244 g/mol. The monoisotopic (exact) mass is 244 g/mol. The highest BCUT2D eigenvalue weighted by Gasteiger charge is 2.33. The number of nitrogens with one attached hydrogen (secondary N) is 1. The first-order valence-electron chi connectivity index (χ1n) is 6.40. The standard InChI is InChI=1S/C14H16N2S/c17-16-8-9-7-12-10(4-2-6-15-12)11-3-1-5-13(16)14(9)11/h1,3,5,8,10,12,15,17H,2,4,6-7H2. The minimum atomic E-state index is 0.637. The van der Waals surface area contributed by atoms with Gasteiger partial charge in [-0.05, 0) is 43.0 Å². The summed E-state index contributed by atoms with van der Waals surface area (Å²) >= 11 is 4.53. The van der Waals surface area contributed by atoms with Crippen LogP contribution >= 0.6 is 12.8 Å². The average Bonchev–Trinajstić information content (AvgIpc) is 2.68. The molecule has 2 aliphatic rings. The fourth-order valence-electron chi connectivity index (χ4n) is 3.62. The van der Waals surface area contributed by atoms with Crippen LogP contribution in [-0.2, 0) is 6.42 Å². The van der Waals surface area contributed by atoms with E-state index >= 15 is 0 Å². The van der Waals surface area contributed by atoms with Crippen LogP contribution in [0.15, 0.2) is 24.4 Å². The molecule has 0 amide bonds. The highest BCUT2D eigenvalue weighted by Crippen LogP contribution is 2.41. The Morgan fingerprint density at radius 1 is 1.35 bits per heavy atom. The van der Waals surface area contributed by atoms with E-state index in [1.54, 1.807) is 0 Å². The molecule has 2 nitrogen and oxygen atoms in total. The van der Waals surface area contributed by atoms with Gasteiger partial charge in [0.2, 0.25) is 0 Å². The number of fused-ring (bicyclic) bond motifs is 2. The predicted molar refractivity (Wildman–Crippen MR) is 73.8 cm³/mol. The van der Waals surface area contributed by atoms with Crippen LogP contribution in [0.4, 0.5) is 0 Å². The number of nitrogens with zero attached hydrogens (tertiary/aromatic N) is 1. The van der Waals surface area contributed by atoms with Gasteiger partial charge in [-0.1, -0.05) is 24.9 Å². The van der Waals surface area contributed by atoms with Gasteiger partial charge in [-0.25, -0.2) is 0 Å². The van der Waals surface area contributed by atoms with Gasteiger partial charge in [-0.3, -0.25) is 3.97 Å². The Morgan fingerprint density at radius 2 is 2.29 bits per heavy atom. The number of aromatic nitrogens is 1. The highest BCUT2D eigenvalue weighted by molar-refractivity contribution is 7.78. The van der Waals surface area contributed by atoms with Crippen LogP contribution in [0.5, 0.6) is 0 Å². The van der Waals surface area contributed by atoms with E-state index in [2.05, 4.69) is 42.5 Å². The van der Waals surface area contributed by atoms with Crippen molar-refractivity contribution in [2.45, 2.75) is 31.2 Å². The maximum atomic E-state index is 4.53. The Balaban J connectivity index is 2.00. The summed E-state index contributed by atoms with van der Waals surface area (Å²) in [5.41, 5.74) is 4.26. The lowest BCUT2D eigenvalue weighted by atomic mass is 9.76. The van der Waals surface area contributed by atoms with E-state index < -0.39 is 0 Å². The molecule has 1 aromatic carbocycles. The molecule has 88 valence electrons. The Kier molecular flexibility index (Phi) is 2.08. The van der Waals surface area contributed by atoms with Gasteiger partial charge in [0.1, 0.15) is 0 Å². The van der Waals surface area contributed by atoms with Crippen LogP contribution in [0.1, 0.15) is 29.9 Å².